The predicted molar refractivity (Wildman–Crippen MR) is 73.8 cm³/mol. The molecule has 0 fully saturated rings. The fourth-order valence-electron chi connectivity index (χ4n) is 1.87. The number of carbonyl (C=O) groups is 1. The standard InChI is InChI=1S/C12H18N4O2S/c1-4-18-7-5-6-13-11(17)10-8(2)16-9(3)14-15-12(16)19-10/h4-7H2,1-3H3,(H,13,17). The van der Waals surface area contributed by atoms with Gasteiger partial charge in [0.2, 0.25) is 4.96 Å². The highest BCUT2D eigenvalue weighted by Crippen LogP contribution is 2.22. The molecule has 0 radical (unpaired) electrons. The van der Waals surface area contributed by atoms with E-state index in [0.717, 1.165) is 22.9 Å². The van der Waals surface area contributed by atoms with Crippen LogP contribution in [-0.4, -0.2) is 40.3 Å². The maximum Gasteiger partial charge on any atom is 0.263 e. The van der Waals surface area contributed by atoms with Gasteiger partial charge in [-0.3, -0.25) is 9.20 Å². The summed E-state index contributed by atoms with van der Waals surface area (Å²) in [6, 6.07) is 0. The highest BCUT2D eigenvalue weighted by molar-refractivity contribution is 7.19. The van der Waals surface area contributed by atoms with E-state index in [1.165, 1.54) is 11.3 Å². The van der Waals surface area contributed by atoms with E-state index in [1.54, 1.807) is 0 Å². The quantitative estimate of drug-likeness (QED) is 0.816. The fraction of sp³-hybridized carbons (Fsp3) is 0.583. The van der Waals surface area contributed by atoms with Crippen LogP contribution in [0.5, 0.6) is 0 Å². The highest BCUT2D eigenvalue weighted by Gasteiger charge is 2.17. The molecule has 2 heterocycles. The smallest absolute Gasteiger partial charge is 0.263 e. The van der Waals surface area contributed by atoms with E-state index in [0.29, 0.717) is 24.6 Å². The summed E-state index contributed by atoms with van der Waals surface area (Å²) >= 11 is 1.37. The van der Waals surface area contributed by atoms with Crippen molar-refractivity contribution in [1.29, 1.82) is 0 Å². The largest absolute Gasteiger partial charge is 0.382 e. The number of hydrogen-bond acceptors (Lipinski definition) is 5. The van der Waals surface area contributed by atoms with Crippen molar-refractivity contribution in [2.24, 2.45) is 0 Å². The van der Waals surface area contributed by atoms with Gasteiger partial charge in [0.25, 0.3) is 5.91 Å². The molecule has 2 aromatic heterocycles. The summed E-state index contributed by atoms with van der Waals surface area (Å²) in [5.74, 6) is 0.753. The van der Waals surface area contributed by atoms with Crippen molar-refractivity contribution in [3.05, 3.63) is 16.4 Å². The Labute approximate surface area is 115 Å². The van der Waals surface area contributed by atoms with Crippen molar-refractivity contribution in [3.63, 3.8) is 0 Å². The first-order valence-corrected chi connectivity index (χ1v) is 7.13. The van der Waals surface area contributed by atoms with Gasteiger partial charge in [0, 0.05) is 25.5 Å². The zero-order valence-corrected chi connectivity index (χ0v) is 12.2. The van der Waals surface area contributed by atoms with E-state index < -0.39 is 0 Å². The van der Waals surface area contributed by atoms with Gasteiger partial charge in [-0.2, -0.15) is 0 Å². The second-order valence-corrected chi connectivity index (χ2v) is 5.17. The van der Waals surface area contributed by atoms with Crippen LogP contribution in [0.2, 0.25) is 0 Å². The van der Waals surface area contributed by atoms with Crippen LogP contribution in [-0.2, 0) is 4.74 Å². The molecule has 0 atom stereocenters. The third-order valence-corrected chi connectivity index (χ3v) is 3.95. The van der Waals surface area contributed by atoms with Gasteiger partial charge in [0.15, 0.2) is 0 Å². The number of thiazole rings is 1. The molecule has 6 nitrogen and oxygen atoms in total. The van der Waals surface area contributed by atoms with Crippen LogP contribution in [0.25, 0.3) is 4.96 Å². The van der Waals surface area contributed by atoms with Gasteiger partial charge in [-0.1, -0.05) is 11.3 Å². The Kier molecular flexibility index (Phi) is 4.49. The molecular formula is C12H18N4O2S. The zero-order valence-electron chi connectivity index (χ0n) is 11.4. The van der Waals surface area contributed by atoms with Crippen molar-refractivity contribution in [2.45, 2.75) is 27.2 Å². The number of hydrogen-bond donors (Lipinski definition) is 1. The normalized spacial score (nSPS) is 11.1. The molecule has 0 aromatic carbocycles. The topological polar surface area (TPSA) is 68.5 Å². The molecule has 2 rings (SSSR count). The summed E-state index contributed by atoms with van der Waals surface area (Å²) < 4.78 is 7.13. The second-order valence-electron chi connectivity index (χ2n) is 4.19. The average Bonchev–Trinajstić information content (AvgIpc) is 2.91. The minimum Gasteiger partial charge on any atom is -0.382 e. The van der Waals surface area contributed by atoms with Crippen molar-refractivity contribution in [2.75, 3.05) is 19.8 Å². The molecule has 0 unspecified atom stereocenters. The first-order chi connectivity index (χ1) is 9.15. The van der Waals surface area contributed by atoms with Crippen LogP contribution in [0.4, 0.5) is 0 Å². The van der Waals surface area contributed by atoms with E-state index in [2.05, 4.69) is 15.5 Å². The van der Waals surface area contributed by atoms with Gasteiger partial charge in [0.1, 0.15) is 10.7 Å². The molecule has 0 spiro atoms. The number of fused-ring (bicyclic) bond motifs is 1. The molecule has 0 bridgehead atoms. The Morgan fingerprint density at radius 1 is 1.42 bits per heavy atom. The van der Waals surface area contributed by atoms with Gasteiger partial charge < -0.3 is 10.1 Å². The van der Waals surface area contributed by atoms with E-state index in [1.807, 2.05) is 25.2 Å². The molecule has 7 heteroatoms. The first kappa shape index (κ1) is 14.0. The van der Waals surface area contributed by atoms with Gasteiger partial charge in [-0.15, -0.1) is 10.2 Å². The molecule has 0 saturated heterocycles. The van der Waals surface area contributed by atoms with Crippen LogP contribution < -0.4 is 5.32 Å². The Bertz CT molecular complexity index is 576. The lowest BCUT2D eigenvalue weighted by Gasteiger charge is -2.04. The van der Waals surface area contributed by atoms with E-state index in [-0.39, 0.29) is 5.91 Å². The summed E-state index contributed by atoms with van der Waals surface area (Å²) in [5.41, 5.74) is 0.893. The van der Waals surface area contributed by atoms with Crippen LogP contribution >= 0.6 is 11.3 Å². The maximum absolute atomic E-state index is 12.1. The average molecular weight is 282 g/mol. The number of nitrogens with zero attached hydrogens (tertiary/aromatic N) is 3. The molecule has 0 aliphatic rings. The van der Waals surface area contributed by atoms with Crippen LogP contribution in [0, 0.1) is 13.8 Å². The van der Waals surface area contributed by atoms with Gasteiger partial charge in [-0.05, 0) is 27.2 Å². The number of aryl methyl sites for hydroxylation is 2. The summed E-state index contributed by atoms with van der Waals surface area (Å²) in [7, 11) is 0. The fourth-order valence-corrected chi connectivity index (χ4v) is 2.90. The van der Waals surface area contributed by atoms with Crippen molar-refractivity contribution in [3.8, 4) is 0 Å². The SMILES string of the molecule is CCOCCCNC(=O)c1sc2nnc(C)n2c1C. The number of ether oxygens (including phenoxy) is 1. The molecule has 1 amide bonds. The Hall–Kier alpha value is -1.47. The van der Waals surface area contributed by atoms with Crippen LogP contribution in [0.15, 0.2) is 0 Å². The number of amides is 1. The van der Waals surface area contributed by atoms with E-state index in [9.17, 15) is 4.79 Å². The lowest BCUT2D eigenvalue weighted by atomic mass is 10.3. The number of nitrogens with one attached hydrogen (secondary N) is 1. The highest BCUT2D eigenvalue weighted by atomic mass is 32.1. The van der Waals surface area contributed by atoms with Crippen molar-refractivity contribution < 1.29 is 9.53 Å². The lowest BCUT2D eigenvalue weighted by molar-refractivity contribution is 0.0947. The van der Waals surface area contributed by atoms with Crippen LogP contribution in [0.1, 0.15) is 34.5 Å². The molecule has 104 valence electrons. The summed E-state index contributed by atoms with van der Waals surface area (Å²) in [6.45, 7) is 7.75. The Morgan fingerprint density at radius 2 is 2.21 bits per heavy atom. The zero-order chi connectivity index (χ0) is 13.8. The van der Waals surface area contributed by atoms with Gasteiger partial charge in [0.05, 0.1) is 0 Å². The minimum atomic E-state index is -0.0519. The van der Waals surface area contributed by atoms with Crippen LogP contribution in [0.3, 0.4) is 0 Å². The lowest BCUT2D eigenvalue weighted by Crippen LogP contribution is -2.25. The first-order valence-electron chi connectivity index (χ1n) is 6.32. The molecule has 1 N–H and O–H groups in total. The van der Waals surface area contributed by atoms with E-state index in [4.69, 9.17) is 4.74 Å². The Morgan fingerprint density at radius 3 is 2.89 bits per heavy atom. The number of rotatable bonds is 6. The second kappa shape index (κ2) is 6.12. The van der Waals surface area contributed by atoms with E-state index >= 15 is 0 Å². The number of carbonyl (C=O) groups excluding carboxylic acids is 1. The minimum absolute atomic E-state index is 0.0519. The maximum atomic E-state index is 12.1. The molecule has 0 saturated carbocycles. The molecule has 2 aromatic rings. The molecule has 19 heavy (non-hydrogen) atoms. The van der Waals surface area contributed by atoms with Crippen molar-refractivity contribution >= 4 is 22.2 Å². The number of aromatic nitrogens is 3. The Balaban J connectivity index is 1.99. The monoisotopic (exact) mass is 282 g/mol. The summed E-state index contributed by atoms with van der Waals surface area (Å²) in [6.07, 6.45) is 0.821. The third kappa shape index (κ3) is 2.93. The summed E-state index contributed by atoms with van der Waals surface area (Å²) in [4.78, 5) is 13.5. The third-order valence-electron chi connectivity index (χ3n) is 2.81. The van der Waals surface area contributed by atoms with Gasteiger partial charge >= 0.3 is 0 Å². The predicted octanol–water partition coefficient (Wildman–Crippen LogP) is 1.56. The summed E-state index contributed by atoms with van der Waals surface area (Å²) in [5, 5.41) is 10.9. The molecule has 0 aliphatic carbocycles. The molecule has 0 aliphatic heterocycles. The molecular weight excluding hydrogens is 264 g/mol. The van der Waals surface area contributed by atoms with Gasteiger partial charge in [-0.25, -0.2) is 0 Å². The van der Waals surface area contributed by atoms with Crippen molar-refractivity contribution in [1.82, 2.24) is 19.9 Å².